The number of hydrogen-bond donors (Lipinski definition) is 0. The van der Waals surface area contributed by atoms with Crippen molar-refractivity contribution < 1.29 is 51.6 Å². The van der Waals surface area contributed by atoms with E-state index in [1.165, 1.54) is 6.07 Å². The van der Waals surface area contributed by atoms with Gasteiger partial charge in [0.2, 0.25) is 12.9 Å². The van der Waals surface area contributed by atoms with Crippen LogP contribution in [0, 0.1) is 17.0 Å². The summed E-state index contributed by atoms with van der Waals surface area (Å²) < 4.78 is 59.7. The summed E-state index contributed by atoms with van der Waals surface area (Å²) in [5, 5.41) is 8.99. The van der Waals surface area contributed by atoms with Crippen molar-refractivity contribution in [3.8, 4) is 5.75 Å². The van der Waals surface area contributed by atoms with Gasteiger partial charge in [-0.05, 0) is 43.5 Å². The van der Waals surface area contributed by atoms with Gasteiger partial charge in [-0.2, -0.15) is 13.2 Å². The lowest BCUT2D eigenvalue weighted by molar-refractivity contribution is -0.757. The Morgan fingerprint density at radius 1 is 1.19 bits per heavy atom. The SMILES string of the molecule is Cc1cc(Br)cc2c1OC(C(F)(F)F)C(C(=O)OCOC(=O)OCCCCO[N+](=O)[O-])=C2. The predicted molar refractivity (Wildman–Crippen MR) is 103 cm³/mol. The third-order valence-corrected chi connectivity index (χ3v) is 4.41. The van der Waals surface area contributed by atoms with E-state index in [1.54, 1.807) is 13.0 Å². The molecule has 0 fully saturated rings. The Labute approximate surface area is 187 Å². The van der Waals surface area contributed by atoms with E-state index in [0.717, 1.165) is 6.08 Å². The highest BCUT2D eigenvalue weighted by Crippen LogP contribution is 2.40. The number of fused-ring (bicyclic) bond motifs is 1. The van der Waals surface area contributed by atoms with Gasteiger partial charge in [0.1, 0.15) is 5.75 Å². The predicted octanol–water partition coefficient (Wildman–Crippen LogP) is 4.11. The first-order valence-electron chi connectivity index (χ1n) is 8.98. The third kappa shape index (κ3) is 7.28. The smallest absolute Gasteiger partial charge is 0.475 e. The Kier molecular flexibility index (Phi) is 8.69. The molecule has 0 saturated heterocycles. The van der Waals surface area contributed by atoms with Gasteiger partial charge in [-0.1, -0.05) is 15.9 Å². The van der Waals surface area contributed by atoms with Crippen LogP contribution in [0.4, 0.5) is 18.0 Å². The molecule has 1 aliphatic heterocycles. The van der Waals surface area contributed by atoms with Gasteiger partial charge in [0.15, 0.2) is 0 Å². The molecule has 0 saturated carbocycles. The minimum atomic E-state index is -4.90. The molecule has 1 heterocycles. The van der Waals surface area contributed by atoms with Gasteiger partial charge in [0.25, 0.3) is 5.09 Å². The van der Waals surface area contributed by atoms with Crippen molar-refractivity contribution >= 4 is 34.1 Å². The number of halogens is 4. The number of unbranched alkanes of at least 4 members (excludes halogenated alkanes) is 1. The van der Waals surface area contributed by atoms with Gasteiger partial charge in [0, 0.05) is 10.0 Å². The zero-order chi connectivity index (χ0) is 23.9. The molecule has 0 N–H and O–H groups in total. The Morgan fingerprint density at radius 3 is 2.53 bits per heavy atom. The molecule has 2 rings (SSSR count). The minimum Gasteiger partial charge on any atom is -0.475 e. The van der Waals surface area contributed by atoms with E-state index < -0.39 is 41.9 Å². The van der Waals surface area contributed by atoms with Gasteiger partial charge in [-0.15, -0.1) is 10.1 Å². The van der Waals surface area contributed by atoms with Crippen molar-refractivity contribution in [1.82, 2.24) is 0 Å². The summed E-state index contributed by atoms with van der Waals surface area (Å²) in [5.74, 6) is -1.41. The van der Waals surface area contributed by atoms with Crippen LogP contribution in [0.25, 0.3) is 6.08 Å². The molecule has 0 radical (unpaired) electrons. The normalized spacial score (nSPS) is 15.0. The second-order valence-electron chi connectivity index (χ2n) is 6.34. The first kappa shape index (κ1) is 25.2. The van der Waals surface area contributed by atoms with Crippen molar-refractivity contribution in [2.24, 2.45) is 0 Å². The lowest BCUT2D eigenvalue weighted by Crippen LogP contribution is -2.41. The maximum atomic E-state index is 13.4. The molecule has 0 amide bonds. The summed E-state index contributed by atoms with van der Waals surface area (Å²) >= 11 is 3.22. The Hall–Kier alpha value is -3.03. The summed E-state index contributed by atoms with van der Waals surface area (Å²) in [6.07, 6.45) is -7.24. The van der Waals surface area contributed by atoms with Crippen LogP contribution in [-0.4, -0.2) is 49.5 Å². The van der Waals surface area contributed by atoms with Crippen LogP contribution in [0.5, 0.6) is 5.75 Å². The van der Waals surface area contributed by atoms with Gasteiger partial charge in [-0.25, -0.2) is 9.59 Å². The topological polar surface area (TPSA) is 123 Å². The van der Waals surface area contributed by atoms with Crippen LogP contribution in [0.1, 0.15) is 24.0 Å². The first-order chi connectivity index (χ1) is 15.0. The van der Waals surface area contributed by atoms with E-state index in [-0.39, 0.29) is 37.4 Å². The summed E-state index contributed by atoms with van der Waals surface area (Å²) in [4.78, 5) is 37.6. The molecule has 0 spiro atoms. The molecule has 0 bridgehead atoms. The molecule has 1 atom stereocenters. The number of hydrogen-bond acceptors (Lipinski definition) is 9. The molecular weight excluding hydrogens is 511 g/mol. The molecule has 14 heteroatoms. The molecule has 32 heavy (non-hydrogen) atoms. The Morgan fingerprint density at radius 2 is 1.88 bits per heavy atom. The number of ether oxygens (including phenoxy) is 4. The highest BCUT2D eigenvalue weighted by atomic mass is 79.9. The molecule has 1 aliphatic rings. The monoisotopic (exact) mass is 527 g/mol. The number of alkyl halides is 3. The fourth-order valence-electron chi connectivity index (χ4n) is 2.61. The van der Waals surface area contributed by atoms with Crippen molar-refractivity contribution in [1.29, 1.82) is 0 Å². The Bertz CT molecular complexity index is 904. The molecule has 176 valence electrons. The van der Waals surface area contributed by atoms with E-state index in [0.29, 0.717) is 10.0 Å². The highest BCUT2D eigenvalue weighted by molar-refractivity contribution is 9.10. The van der Waals surface area contributed by atoms with Gasteiger partial charge >= 0.3 is 18.3 Å². The summed E-state index contributed by atoms with van der Waals surface area (Å²) in [6.45, 7) is 0.227. The van der Waals surface area contributed by atoms with E-state index in [9.17, 15) is 32.9 Å². The standard InChI is InChI=1S/C18H17BrF3NO9/c1-10-6-12(19)7-11-8-13(15(18(20,21)22)32-14(10)11)16(24)29-9-30-17(25)28-4-2-3-5-31-23(26)27/h6-8,15H,2-5,9H2,1H3. The number of benzene rings is 1. The van der Waals surface area contributed by atoms with Gasteiger partial charge < -0.3 is 23.8 Å². The molecule has 10 nitrogen and oxygen atoms in total. The molecule has 0 aromatic heterocycles. The van der Waals surface area contributed by atoms with Crippen molar-refractivity contribution in [2.45, 2.75) is 32.0 Å². The largest absolute Gasteiger partial charge is 0.511 e. The molecule has 1 aromatic carbocycles. The van der Waals surface area contributed by atoms with Crippen LogP contribution in [0.15, 0.2) is 22.2 Å². The second-order valence-corrected chi connectivity index (χ2v) is 7.25. The summed E-state index contributed by atoms with van der Waals surface area (Å²) in [5.41, 5.74) is -0.140. The zero-order valence-electron chi connectivity index (χ0n) is 16.5. The number of aryl methyl sites for hydroxylation is 1. The van der Waals surface area contributed by atoms with Crippen molar-refractivity contribution in [3.05, 3.63) is 43.4 Å². The summed E-state index contributed by atoms with van der Waals surface area (Å²) in [7, 11) is 0. The van der Waals surface area contributed by atoms with Crippen LogP contribution < -0.4 is 4.74 Å². The third-order valence-electron chi connectivity index (χ3n) is 3.95. The molecule has 1 aromatic rings. The molecule has 0 aliphatic carbocycles. The average Bonchev–Trinajstić information content (AvgIpc) is 2.68. The lowest BCUT2D eigenvalue weighted by Gasteiger charge is -2.28. The zero-order valence-corrected chi connectivity index (χ0v) is 18.1. The van der Waals surface area contributed by atoms with Gasteiger partial charge in [0.05, 0.1) is 18.8 Å². The average molecular weight is 528 g/mol. The Balaban J connectivity index is 1.90. The van der Waals surface area contributed by atoms with E-state index in [4.69, 9.17) is 4.74 Å². The lowest BCUT2D eigenvalue weighted by atomic mass is 9.99. The minimum absolute atomic E-state index is 0.0180. The van der Waals surface area contributed by atoms with Crippen molar-refractivity contribution in [3.63, 3.8) is 0 Å². The number of esters is 1. The van der Waals surface area contributed by atoms with Crippen LogP contribution in [0.2, 0.25) is 0 Å². The van der Waals surface area contributed by atoms with E-state index in [2.05, 4.69) is 35.0 Å². The molecule has 1 unspecified atom stereocenters. The fraction of sp³-hybridized carbons (Fsp3) is 0.444. The quantitative estimate of drug-likeness (QED) is 0.153. The number of nitrogens with zero attached hydrogens (tertiary/aromatic N) is 1. The van der Waals surface area contributed by atoms with Crippen LogP contribution in [-0.2, 0) is 23.8 Å². The maximum absolute atomic E-state index is 13.4. The van der Waals surface area contributed by atoms with E-state index >= 15 is 0 Å². The second kappa shape index (κ2) is 11.0. The van der Waals surface area contributed by atoms with Crippen molar-refractivity contribution in [2.75, 3.05) is 20.0 Å². The highest BCUT2D eigenvalue weighted by Gasteiger charge is 2.49. The summed E-state index contributed by atoms with van der Waals surface area (Å²) in [6, 6.07) is 3.05. The first-order valence-corrected chi connectivity index (χ1v) is 9.77. The number of carbonyl (C=O) groups excluding carboxylic acids is 2. The maximum Gasteiger partial charge on any atom is 0.511 e. The number of carbonyl (C=O) groups is 2. The van der Waals surface area contributed by atoms with Gasteiger partial charge in [-0.3, -0.25) is 0 Å². The van der Waals surface area contributed by atoms with Crippen LogP contribution >= 0.6 is 15.9 Å². The fourth-order valence-corrected chi connectivity index (χ4v) is 3.20. The van der Waals surface area contributed by atoms with Crippen LogP contribution in [0.3, 0.4) is 0 Å². The van der Waals surface area contributed by atoms with E-state index in [1.807, 2.05) is 0 Å². The molecular formula is C18H17BrF3NO9. The number of rotatable bonds is 9.